The summed E-state index contributed by atoms with van der Waals surface area (Å²) in [6, 6.07) is 11.6. The largest absolute Gasteiger partial charge is 0.321 e. The fourth-order valence-corrected chi connectivity index (χ4v) is 3.04. The fraction of sp³-hybridized carbons (Fsp3) is 0.300. The lowest BCUT2D eigenvalue weighted by atomic mass is 10.1. The van der Waals surface area contributed by atoms with Crippen molar-refractivity contribution in [2.45, 2.75) is 39.5 Å². The number of nitrogens with one attached hydrogen (secondary N) is 1. The van der Waals surface area contributed by atoms with Gasteiger partial charge in [0.05, 0.1) is 10.7 Å². The van der Waals surface area contributed by atoms with Gasteiger partial charge in [-0.25, -0.2) is 4.98 Å². The summed E-state index contributed by atoms with van der Waals surface area (Å²) in [6.07, 6.45) is 5.82. The van der Waals surface area contributed by atoms with Crippen LogP contribution in [0.2, 0.25) is 5.02 Å². The first-order valence-corrected chi connectivity index (χ1v) is 9.07. The zero-order valence-electron chi connectivity index (χ0n) is 14.6. The Bertz CT molecular complexity index is 884. The molecule has 25 heavy (non-hydrogen) atoms. The van der Waals surface area contributed by atoms with Crippen LogP contribution >= 0.6 is 11.6 Å². The van der Waals surface area contributed by atoms with Crippen molar-refractivity contribution in [1.29, 1.82) is 0 Å². The maximum absolute atomic E-state index is 12.8. The zero-order chi connectivity index (χ0) is 17.8. The van der Waals surface area contributed by atoms with Crippen molar-refractivity contribution in [1.82, 2.24) is 9.38 Å². The third-order valence-electron chi connectivity index (χ3n) is 4.24. The molecule has 5 heteroatoms. The number of carbonyl (C=O) groups excluding carboxylic acids is 1. The van der Waals surface area contributed by atoms with E-state index in [4.69, 9.17) is 11.6 Å². The van der Waals surface area contributed by atoms with Gasteiger partial charge in [0.2, 0.25) is 0 Å². The molecular weight excluding hydrogens is 334 g/mol. The third-order valence-corrected chi connectivity index (χ3v) is 4.46. The quantitative estimate of drug-likeness (QED) is 0.665. The predicted molar refractivity (Wildman–Crippen MR) is 103 cm³/mol. The van der Waals surface area contributed by atoms with E-state index in [2.05, 4.69) is 29.4 Å². The second kappa shape index (κ2) is 7.70. The number of pyridine rings is 1. The minimum absolute atomic E-state index is 0.173. The number of aromatic nitrogens is 2. The molecule has 0 aliphatic heterocycles. The summed E-state index contributed by atoms with van der Waals surface area (Å²) in [6.45, 7) is 4.17. The van der Waals surface area contributed by atoms with Crippen molar-refractivity contribution < 1.29 is 4.79 Å². The minimum atomic E-state index is -0.173. The number of unbranched alkanes of at least 4 members (excludes halogenated alkanes) is 1. The van der Waals surface area contributed by atoms with E-state index < -0.39 is 0 Å². The van der Waals surface area contributed by atoms with Gasteiger partial charge in [-0.1, -0.05) is 44.0 Å². The first-order valence-electron chi connectivity index (χ1n) is 8.69. The Morgan fingerprint density at radius 1 is 1.16 bits per heavy atom. The van der Waals surface area contributed by atoms with Crippen LogP contribution in [0.15, 0.2) is 42.6 Å². The number of halogens is 1. The van der Waals surface area contributed by atoms with Gasteiger partial charge >= 0.3 is 0 Å². The van der Waals surface area contributed by atoms with Gasteiger partial charge in [-0.2, -0.15) is 0 Å². The Morgan fingerprint density at radius 3 is 2.60 bits per heavy atom. The van der Waals surface area contributed by atoms with Crippen LogP contribution in [0.3, 0.4) is 0 Å². The van der Waals surface area contributed by atoms with Gasteiger partial charge in [-0.05, 0) is 49.1 Å². The van der Waals surface area contributed by atoms with Gasteiger partial charge in [0, 0.05) is 11.9 Å². The Balaban J connectivity index is 1.85. The van der Waals surface area contributed by atoms with Crippen molar-refractivity contribution in [3.05, 3.63) is 64.6 Å². The molecule has 3 aromatic rings. The fourth-order valence-electron chi connectivity index (χ4n) is 2.88. The SMILES string of the molecule is CCCCc1ccc(NC(=O)c2c(CC)nc3ccc(Cl)cn23)cc1. The zero-order valence-corrected chi connectivity index (χ0v) is 15.3. The summed E-state index contributed by atoms with van der Waals surface area (Å²) in [5.74, 6) is -0.173. The Hall–Kier alpha value is -2.33. The van der Waals surface area contributed by atoms with E-state index in [0.29, 0.717) is 17.1 Å². The number of benzene rings is 1. The van der Waals surface area contributed by atoms with Gasteiger partial charge in [0.1, 0.15) is 11.3 Å². The van der Waals surface area contributed by atoms with Crippen LogP contribution in [-0.4, -0.2) is 15.3 Å². The molecule has 3 rings (SSSR count). The van der Waals surface area contributed by atoms with Gasteiger partial charge in [0.15, 0.2) is 0 Å². The maximum Gasteiger partial charge on any atom is 0.274 e. The van der Waals surface area contributed by atoms with Gasteiger partial charge < -0.3 is 5.32 Å². The highest BCUT2D eigenvalue weighted by Gasteiger charge is 2.18. The summed E-state index contributed by atoms with van der Waals surface area (Å²) < 4.78 is 1.76. The highest BCUT2D eigenvalue weighted by Crippen LogP contribution is 2.19. The molecule has 1 amide bonds. The van der Waals surface area contributed by atoms with Gasteiger partial charge in [-0.3, -0.25) is 9.20 Å². The summed E-state index contributed by atoms with van der Waals surface area (Å²) in [4.78, 5) is 17.3. The number of anilines is 1. The molecule has 0 bridgehead atoms. The molecule has 1 aromatic carbocycles. The van der Waals surface area contributed by atoms with E-state index in [1.54, 1.807) is 16.7 Å². The summed E-state index contributed by atoms with van der Waals surface area (Å²) >= 11 is 6.09. The summed E-state index contributed by atoms with van der Waals surface area (Å²) in [7, 11) is 0. The molecule has 0 spiro atoms. The number of fused-ring (bicyclic) bond motifs is 1. The van der Waals surface area contributed by atoms with E-state index in [-0.39, 0.29) is 5.91 Å². The first-order chi connectivity index (χ1) is 12.1. The lowest BCUT2D eigenvalue weighted by Crippen LogP contribution is -2.16. The van der Waals surface area contributed by atoms with Crippen LogP contribution in [0.5, 0.6) is 0 Å². The molecule has 0 radical (unpaired) electrons. The normalized spacial score (nSPS) is 11.0. The maximum atomic E-state index is 12.8. The number of hydrogen-bond acceptors (Lipinski definition) is 2. The third kappa shape index (κ3) is 3.85. The number of aryl methyl sites for hydroxylation is 2. The second-order valence-electron chi connectivity index (χ2n) is 6.09. The Morgan fingerprint density at radius 2 is 1.92 bits per heavy atom. The highest BCUT2D eigenvalue weighted by atomic mass is 35.5. The topological polar surface area (TPSA) is 46.4 Å². The summed E-state index contributed by atoms with van der Waals surface area (Å²) in [5.41, 5.74) is 4.09. The number of amides is 1. The standard InChI is InChI=1S/C20H22ClN3O/c1-3-5-6-14-7-10-16(11-8-14)22-20(25)19-17(4-2)23-18-12-9-15(21)13-24(18)19/h7-13H,3-6H2,1-2H3,(H,22,25). The van der Waals surface area contributed by atoms with Crippen molar-refractivity contribution in [3.63, 3.8) is 0 Å². The van der Waals surface area contributed by atoms with Crippen molar-refractivity contribution in [2.75, 3.05) is 5.32 Å². The monoisotopic (exact) mass is 355 g/mol. The van der Waals surface area contributed by atoms with Crippen LogP contribution in [0, 0.1) is 0 Å². The highest BCUT2D eigenvalue weighted by molar-refractivity contribution is 6.30. The molecule has 1 N–H and O–H groups in total. The second-order valence-corrected chi connectivity index (χ2v) is 6.53. The lowest BCUT2D eigenvalue weighted by Gasteiger charge is -2.08. The van der Waals surface area contributed by atoms with Crippen molar-refractivity contribution >= 4 is 28.8 Å². The van der Waals surface area contributed by atoms with Crippen molar-refractivity contribution in [2.24, 2.45) is 0 Å². The summed E-state index contributed by atoms with van der Waals surface area (Å²) in [5, 5.41) is 3.54. The van der Waals surface area contributed by atoms with Crippen LogP contribution < -0.4 is 5.32 Å². The number of imidazole rings is 1. The van der Waals surface area contributed by atoms with Crippen LogP contribution in [0.25, 0.3) is 5.65 Å². The average molecular weight is 356 g/mol. The van der Waals surface area contributed by atoms with E-state index in [0.717, 1.165) is 23.4 Å². The molecule has 2 heterocycles. The molecule has 0 aliphatic rings. The molecule has 0 atom stereocenters. The average Bonchev–Trinajstić information content (AvgIpc) is 2.99. The van der Waals surface area contributed by atoms with Gasteiger partial charge in [0.25, 0.3) is 5.91 Å². The Kier molecular flexibility index (Phi) is 5.39. The molecule has 130 valence electrons. The number of carbonyl (C=O) groups is 1. The van der Waals surface area contributed by atoms with Crippen LogP contribution in [0.1, 0.15) is 48.4 Å². The molecule has 0 saturated heterocycles. The number of rotatable bonds is 6. The molecule has 0 unspecified atom stereocenters. The van der Waals surface area contributed by atoms with E-state index >= 15 is 0 Å². The molecule has 0 saturated carbocycles. The predicted octanol–water partition coefficient (Wildman–Crippen LogP) is 5.15. The molecular formula is C20H22ClN3O. The molecule has 0 fully saturated rings. The van der Waals surface area contributed by atoms with E-state index in [1.165, 1.54) is 18.4 Å². The van der Waals surface area contributed by atoms with Crippen LogP contribution in [-0.2, 0) is 12.8 Å². The lowest BCUT2D eigenvalue weighted by molar-refractivity contribution is 0.102. The Labute approximate surface area is 152 Å². The first kappa shape index (κ1) is 17.5. The minimum Gasteiger partial charge on any atom is -0.321 e. The molecule has 4 nitrogen and oxygen atoms in total. The van der Waals surface area contributed by atoms with Crippen LogP contribution in [0.4, 0.5) is 5.69 Å². The molecule has 0 aliphatic carbocycles. The molecule has 2 aromatic heterocycles. The number of nitrogens with zero attached hydrogens (tertiary/aromatic N) is 2. The van der Waals surface area contributed by atoms with Crippen molar-refractivity contribution in [3.8, 4) is 0 Å². The van der Waals surface area contributed by atoms with E-state index in [1.807, 2.05) is 25.1 Å². The van der Waals surface area contributed by atoms with Gasteiger partial charge in [-0.15, -0.1) is 0 Å². The number of hydrogen-bond donors (Lipinski definition) is 1. The van der Waals surface area contributed by atoms with E-state index in [9.17, 15) is 4.79 Å². The smallest absolute Gasteiger partial charge is 0.274 e.